The van der Waals surface area contributed by atoms with E-state index in [1.165, 1.54) is 17.0 Å². The van der Waals surface area contributed by atoms with Crippen molar-refractivity contribution in [1.82, 2.24) is 10.2 Å². The molecule has 0 bridgehead atoms. The van der Waals surface area contributed by atoms with E-state index < -0.39 is 28.5 Å². The summed E-state index contributed by atoms with van der Waals surface area (Å²) < 4.78 is 29.0. The Balaban J connectivity index is 1.79. The molecule has 224 valence electrons. The van der Waals surface area contributed by atoms with E-state index in [2.05, 4.69) is 5.32 Å². The van der Waals surface area contributed by atoms with Crippen molar-refractivity contribution in [3.8, 4) is 0 Å². The highest BCUT2D eigenvalue weighted by Crippen LogP contribution is 2.26. The standard InChI is InChI=1S/C34H36ClN3O4S/c1-25(2)36-34(40)32(22-27-10-6-4-7-11-27)37(23-28-16-14-26(3)15-17-28)33(39)24-38(30-20-18-29(35)19-21-30)43(41,42)31-12-8-5-9-13-31/h4-21,25,32H,22-24H2,1-3H3,(H,36,40)/t32-/m0/s1. The second-order valence-corrected chi connectivity index (χ2v) is 13.0. The van der Waals surface area contributed by atoms with Crippen LogP contribution in [0.2, 0.25) is 5.02 Å². The largest absolute Gasteiger partial charge is 0.352 e. The molecule has 4 aromatic rings. The maximum atomic E-state index is 14.4. The molecular formula is C34H36ClN3O4S. The molecule has 4 aromatic carbocycles. The highest BCUT2D eigenvalue weighted by atomic mass is 35.5. The zero-order valence-electron chi connectivity index (χ0n) is 24.5. The fourth-order valence-corrected chi connectivity index (χ4v) is 6.24. The molecule has 0 unspecified atom stereocenters. The molecule has 9 heteroatoms. The van der Waals surface area contributed by atoms with Crippen molar-refractivity contribution in [3.05, 3.63) is 131 Å². The van der Waals surface area contributed by atoms with Crippen LogP contribution in [0, 0.1) is 6.92 Å². The average molecular weight is 618 g/mol. The minimum absolute atomic E-state index is 0.0428. The number of hydrogen-bond donors (Lipinski definition) is 1. The number of sulfonamides is 1. The molecule has 4 rings (SSSR count). The van der Waals surface area contributed by atoms with Crippen LogP contribution in [0.25, 0.3) is 0 Å². The van der Waals surface area contributed by atoms with Crippen LogP contribution in [0.4, 0.5) is 5.69 Å². The highest BCUT2D eigenvalue weighted by molar-refractivity contribution is 7.92. The molecule has 0 aromatic heterocycles. The number of benzene rings is 4. The Bertz CT molecular complexity index is 1610. The SMILES string of the molecule is Cc1ccc(CN(C(=O)CN(c2ccc(Cl)cc2)S(=O)(=O)c2ccccc2)[C@@H](Cc2ccccc2)C(=O)NC(C)C)cc1. The van der Waals surface area contributed by atoms with Crippen molar-refractivity contribution < 1.29 is 18.0 Å². The number of halogens is 1. The van der Waals surface area contributed by atoms with Crippen LogP contribution in [0.1, 0.15) is 30.5 Å². The van der Waals surface area contributed by atoms with Crippen molar-refractivity contribution in [2.45, 2.75) is 50.7 Å². The van der Waals surface area contributed by atoms with E-state index in [4.69, 9.17) is 11.6 Å². The van der Waals surface area contributed by atoms with Crippen LogP contribution in [0.3, 0.4) is 0 Å². The predicted octanol–water partition coefficient (Wildman–Crippen LogP) is 6.01. The molecule has 2 amide bonds. The number of aryl methyl sites for hydroxylation is 1. The van der Waals surface area contributed by atoms with Gasteiger partial charge in [-0.2, -0.15) is 0 Å². The first-order valence-corrected chi connectivity index (χ1v) is 15.9. The van der Waals surface area contributed by atoms with Gasteiger partial charge in [-0.1, -0.05) is 90.0 Å². The summed E-state index contributed by atoms with van der Waals surface area (Å²) in [5, 5.41) is 3.39. The number of carbonyl (C=O) groups is 2. The lowest BCUT2D eigenvalue weighted by molar-refractivity contribution is -0.140. The lowest BCUT2D eigenvalue weighted by Gasteiger charge is -2.34. The lowest BCUT2D eigenvalue weighted by Crippen LogP contribution is -2.54. The van der Waals surface area contributed by atoms with E-state index in [9.17, 15) is 18.0 Å². The van der Waals surface area contributed by atoms with E-state index in [1.807, 2.05) is 75.4 Å². The summed E-state index contributed by atoms with van der Waals surface area (Å²) in [4.78, 5) is 29.6. The van der Waals surface area contributed by atoms with Crippen molar-refractivity contribution in [2.75, 3.05) is 10.8 Å². The van der Waals surface area contributed by atoms with Crippen LogP contribution in [-0.4, -0.2) is 43.8 Å². The van der Waals surface area contributed by atoms with E-state index in [1.54, 1.807) is 42.5 Å². The number of hydrogen-bond acceptors (Lipinski definition) is 4. The fourth-order valence-electron chi connectivity index (χ4n) is 4.68. The summed E-state index contributed by atoms with van der Waals surface area (Å²) >= 11 is 6.11. The van der Waals surface area contributed by atoms with Gasteiger partial charge in [-0.05, 0) is 68.3 Å². The first-order valence-electron chi connectivity index (χ1n) is 14.1. The first kappa shape index (κ1) is 31.8. The molecule has 0 saturated carbocycles. The molecule has 0 saturated heterocycles. The minimum atomic E-state index is -4.16. The molecule has 0 radical (unpaired) electrons. The molecular weight excluding hydrogens is 582 g/mol. The fraction of sp³-hybridized carbons (Fsp3) is 0.235. The number of rotatable bonds is 12. The van der Waals surface area contributed by atoms with Crippen LogP contribution < -0.4 is 9.62 Å². The number of anilines is 1. The van der Waals surface area contributed by atoms with Gasteiger partial charge in [0.25, 0.3) is 10.0 Å². The van der Waals surface area contributed by atoms with Gasteiger partial charge in [0.2, 0.25) is 11.8 Å². The Hall–Kier alpha value is -4.14. The van der Waals surface area contributed by atoms with Gasteiger partial charge in [0.05, 0.1) is 10.6 Å². The van der Waals surface area contributed by atoms with Crippen molar-refractivity contribution in [2.24, 2.45) is 0 Å². The van der Waals surface area contributed by atoms with Gasteiger partial charge in [0.1, 0.15) is 12.6 Å². The normalized spacial score (nSPS) is 12.0. The second kappa shape index (κ2) is 14.4. The molecule has 0 aliphatic rings. The molecule has 1 N–H and O–H groups in total. The number of amides is 2. The van der Waals surface area contributed by atoms with Crippen LogP contribution in [0.15, 0.2) is 114 Å². The minimum Gasteiger partial charge on any atom is -0.352 e. The summed E-state index contributed by atoms with van der Waals surface area (Å²) in [5.41, 5.74) is 3.03. The Morgan fingerprint density at radius 3 is 1.95 bits per heavy atom. The Kier molecular flexibility index (Phi) is 10.6. The van der Waals surface area contributed by atoms with Gasteiger partial charge in [-0.15, -0.1) is 0 Å². The van der Waals surface area contributed by atoms with E-state index >= 15 is 0 Å². The third kappa shape index (κ3) is 8.46. The Morgan fingerprint density at radius 2 is 1.37 bits per heavy atom. The Morgan fingerprint density at radius 1 is 0.791 bits per heavy atom. The molecule has 1 atom stereocenters. The second-order valence-electron chi connectivity index (χ2n) is 10.7. The van der Waals surface area contributed by atoms with Gasteiger partial charge in [-0.25, -0.2) is 8.42 Å². The highest BCUT2D eigenvalue weighted by Gasteiger charge is 2.34. The lowest BCUT2D eigenvalue weighted by atomic mass is 10.0. The van der Waals surface area contributed by atoms with E-state index in [-0.39, 0.29) is 35.5 Å². The smallest absolute Gasteiger partial charge is 0.264 e. The molecule has 0 aliphatic carbocycles. The summed E-state index contributed by atoms with van der Waals surface area (Å²) in [5.74, 6) is -0.835. The van der Waals surface area contributed by atoms with Gasteiger partial charge in [0.15, 0.2) is 0 Å². The maximum Gasteiger partial charge on any atom is 0.264 e. The first-order chi connectivity index (χ1) is 20.5. The molecule has 7 nitrogen and oxygen atoms in total. The van der Waals surface area contributed by atoms with Gasteiger partial charge in [0, 0.05) is 24.0 Å². The van der Waals surface area contributed by atoms with Crippen molar-refractivity contribution in [3.63, 3.8) is 0 Å². The van der Waals surface area contributed by atoms with Gasteiger partial charge in [-0.3, -0.25) is 13.9 Å². The van der Waals surface area contributed by atoms with Gasteiger partial charge >= 0.3 is 0 Å². The molecule has 0 heterocycles. The third-order valence-corrected chi connectivity index (χ3v) is 8.94. The average Bonchev–Trinajstić information content (AvgIpc) is 2.99. The summed E-state index contributed by atoms with van der Waals surface area (Å²) in [6, 6.07) is 30.4. The van der Waals surface area contributed by atoms with Crippen LogP contribution >= 0.6 is 11.6 Å². The monoisotopic (exact) mass is 617 g/mol. The quantitative estimate of drug-likeness (QED) is 0.211. The molecule has 43 heavy (non-hydrogen) atoms. The van der Waals surface area contributed by atoms with Crippen molar-refractivity contribution in [1.29, 1.82) is 0 Å². The molecule has 0 fully saturated rings. The zero-order chi connectivity index (χ0) is 31.0. The van der Waals surface area contributed by atoms with Crippen LogP contribution in [-0.2, 0) is 32.6 Å². The van der Waals surface area contributed by atoms with Gasteiger partial charge < -0.3 is 10.2 Å². The summed E-state index contributed by atoms with van der Waals surface area (Å²) in [6.45, 7) is 5.28. The molecule has 0 spiro atoms. The number of nitrogens with zero attached hydrogens (tertiary/aromatic N) is 2. The summed E-state index contributed by atoms with van der Waals surface area (Å²) in [6.07, 6.45) is 0.253. The third-order valence-electron chi connectivity index (χ3n) is 6.90. The van der Waals surface area contributed by atoms with Crippen LogP contribution in [0.5, 0.6) is 0 Å². The zero-order valence-corrected chi connectivity index (χ0v) is 26.1. The Labute approximate surface area is 259 Å². The topological polar surface area (TPSA) is 86.8 Å². The maximum absolute atomic E-state index is 14.4. The number of nitrogens with one attached hydrogen (secondary N) is 1. The van der Waals surface area contributed by atoms with E-state index in [0.29, 0.717) is 5.02 Å². The number of carbonyl (C=O) groups excluding carboxylic acids is 2. The molecule has 0 aliphatic heterocycles. The predicted molar refractivity (Wildman–Crippen MR) is 171 cm³/mol. The van der Waals surface area contributed by atoms with Crippen molar-refractivity contribution >= 4 is 39.1 Å². The summed E-state index contributed by atoms with van der Waals surface area (Å²) in [7, 11) is -4.16. The van der Waals surface area contributed by atoms with E-state index in [0.717, 1.165) is 21.0 Å².